The van der Waals surface area contributed by atoms with Crippen molar-refractivity contribution in [2.75, 3.05) is 60.1 Å². The number of benzene rings is 2. The second kappa shape index (κ2) is 10.8. The highest BCUT2D eigenvalue weighted by Gasteiger charge is 2.25. The number of hydrogen-bond acceptors (Lipinski definition) is 8. The summed E-state index contributed by atoms with van der Waals surface area (Å²) in [7, 11) is 0.0881. The molecule has 1 aromatic heterocycles. The van der Waals surface area contributed by atoms with E-state index in [1.807, 2.05) is 30.4 Å². The average molecular weight is 552 g/mol. The molecule has 0 amide bonds. The minimum absolute atomic E-state index is 0.297. The maximum absolute atomic E-state index is 15.1. The summed E-state index contributed by atoms with van der Waals surface area (Å²) in [6.45, 7) is 6.67. The smallest absolute Gasteiger partial charge is 0.237 e. The Morgan fingerprint density at radius 3 is 2.49 bits per heavy atom. The first-order valence-electron chi connectivity index (χ1n) is 13.0. The first-order valence-corrected chi connectivity index (χ1v) is 14.5. The molecule has 0 saturated carbocycles. The van der Waals surface area contributed by atoms with Crippen molar-refractivity contribution in [2.24, 2.45) is 0 Å². The van der Waals surface area contributed by atoms with Crippen LogP contribution < -0.4 is 19.8 Å². The predicted molar refractivity (Wildman–Crippen MR) is 156 cm³/mol. The fourth-order valence-electron chi connectivity index (χ4n) is 4.74. The molecule has 2 heterocycles. The van der Waals surface area contributed by atoms with Crippen molar-refractivity contribution < 1.29 is 12.8 Å². The molecule has 1 fully saturated rings. The minimum Gasteiger partial charge on any atom is -0.367 e. The monoisotopic (exact) mass is 551 g/mol. The number of para-hydroxylation sites is 2. The van der Waals surface area contributed by atoms with Crippen molar-refractivity contribution in [3.63, 3.8) is 0 Å². The molecule has 0 bridgehead atoms. The zero-order valence-corrected chi connectivity index (χ0v) is 23.5. The van der Waals surface area contributed by atoms with E-state index in [4.69, 9.17) is 4.98 Å². The van der Waals surface area contributed by atoms with Gasteiger partial charge in [-0.3, -0.25) is 4.31 Å². The molecule has 39 heavy (non-hydrogen) atoms. The molecule has 11 heteroatoms. The SMILES string of the molecule is CC(C)S(=O)(=O)N(C)c1ccccc1Nc1nc(Nc2ccc(N3CCN(C)CC3)c(F)c2)nc2c1C=CC2. The first kappa shape index (κ1) is 26.9. The van der Waals surface area contributed by atoms with E-state index in [0.717, 1.165) is 37.4 Å². The van der Waals surface area contributed by atoms with Crippen LogP contribution in [0.25, 0.3) is 6.08 Å². The minimum atomic E-state index is -3.53. The van der Waals surface area contributed by atoms with Gasteiger partial charge in [0.15, 0.2) is 0 Å². The standard InChI is InChI=1S/C28H34FN7O2S/c1-19(2)39(37,38)35(4)26-11-6-5-9-24(26)31-27-21-8-7-10-23(21)32-28(33-27)30-20-12-13-25(22(29)18-20)36-16-14-34(3)15-17-36/h5-9,11-13,18-19H,10,14-17H2,1-4H3,(H2,30,31,32,33). The summed E-state index contributed by atoms with van der Waals surface area (Å²) in [4.78, 5) is 13.6. The second-order valence-electron chi connectivity index (χ2n) is 10.1. The van der Waals surface area contributed by atoms with Gasteiger partial charge in [0.2, 0.25) is 16.0 Å². The number of rotatable bonds is 8. The number of hydrogen-bond donors (Lipinski definition) is 2. The quantitative estimate of drug-likeness (QED) is 0.420. The molecule has 0 spiro atoms. The first-order chi connectivity index (χ1) is 18.6. The molecule has 0 radical (unpaired) electrons. The van der Waals surface area contributed by atoms with Gasteiger partial charge in [0.05, 0.1) is 28.0 Å². The molecule has 0 unspecified atom stereocenters. The Balaban J connectivity index is 1.42. The van der Waals surface area contributed by atoms with Crippen LogP contribution in [-0.4, -0.2) is 68.8 Å². The Kier molecular flexibility index (Phi) is 7.46. The summed E-state index contributed by atoms with van der Waals surface area (Å²) in [5.74, 6) is 0.565. The molecular weight excluding hydrogens is 517 g/mol. The van der Waals surface area contributed by atoms with Crippen molar-refractivity contribution in [1.29, 1.82) is 0 Å². The van der Waals surface area contributed by atoms with Gasteiger partial charge in [-0.05, 0) is 51.2 Å². The molecule has 0 atom stereocenters. The van der Waals surface area contributed by atoms with E-state index in [-0.39, 0.29) is 5.82 Å². The third-order valence-corrected chi connectivity index (χ3v) is 9.29. The van der Waals surface area contributed by atoms with Crippen molar-refractivity contribution in [2.45, 2.75) is 25.5 Å². The molecule has 5 rings (SSSR count). The lowest BCUT2D eigenvalue weighted by molar-refractivity contribution is 0.311. The number of anilines is 6. The highest BCUT2D eigenvalue weighted by molar-refractivity contribution is 7.93. The van der Waals surface area contributed by atoms with Crippen molar-refractivity contribution >= 4 is 50.6 Å². The molecule has 1 saturated heterocycles. The lowest BCUT2D eigenvalue weighted by atomic mass is 10.2. The van der Waals surface area contributed by atoms with Crippen LogP contribution in [0.5, 0.6) is 0 Å². The van der Waals surface area contributed by atoms with E-state index in [1.165, 1.54) is 10.4 Å². The molecule has 3 aromatic rings. The van der Waals surface area contributed by atoms with E-state index >= 15 is 4.39 Å². The molecule has 2 aliphatic rings. The Labute approximate surface area is 229 Å². The van der Waals surface area contributed by atoms with Crippen LogP contribution in [0.1, 0.15) is 25.1 Å². The fourth-order valence-corrected chi connectivity index (χ4v) is 5.80. The summed E-state index contributed by atoms with van der Waals surface area (Å²) >= 11 is 0. The average Bonchev–Trinajstić information content (AvgIpc) is 3.38. The summed E-state index contributed by atoms with van der Waals surface area (Å²) in [5.41, 5.74) is 3.90. The zero-order chi connectivity index (χ0) is 27.7. The van der Waals surface area contributed by atoms with Crippen LogP contribution in [0.4, 0.5) is 38.9 Å². The third-order valence-electron chi connectivity index (χ3n) is 7.14. The number of halogens is 1. The van der Waals surface area contributed by atoms with Gasteiger partial charge in [-0.15, -0.1) is 0 Å². The number of allylic oxidation sites excluding steroid dienone is 1. The fraction of sp³-hybridized carbons (Fsp3) is 0.357. The Hall–Kier alpha value is -3.70. The molecule has 1 aliphatic carbocycles. The maximum Gasteiger partial charge on any atom is 0.237 e. The Morgan fingerprint density at radius 2 is 1.77 bits per heavy atom. The summed E-state index contributed by atoms with van der Waals surface area (Å²) in [6.07, 6.45) is 4.59. The molecule has 2 aromatic carbocycles. The third kappa shape index (κ3) is 5.55. The van der Waals surface area contributed by atoms with E-state index < -0.39 is 15.3 Å². The second-order valence-corrected chi connectivity index (χ2v) is 12.7. The number of fused-ring (bicyclic) bond motifs is 1. The normalized spacial score (nSPS) is 15.5. The van der Waals surface area contributed by atoms with Gasteiger partial charge in [0, 0.05) is 50.9 Å². The summed E-state index contributed by atoms with van der Waals surface area (Å²) in [5, 5.41) is 5.91. The van der Waals surface area contributed by atoms with Crippen LogP contribution in [0, 0.1) is 5.82 Å². The lowest BCUT2D eigenvalue weighted by Crippen LogP contribution is -2.44. The van der Waals surface area contributed by atoms with Gasteiger partial charge >= 0.3 is 0 Å². The van der Waals surface area contributed by atoms with Gasteiger partial charge in [0.1, 0.15) is 11.6 Å². The molecule has 206 valence electrons. The molecule has 2 N–H and O–H groups in total. The van der Waals surface area contributed by atoms with Crippen molar-refractivity contribution in [1.82, 2.24) is 14.9 Å². The molecular formula is C28H34FN7O2S. The van der Waals surface area contributed by atoms with E-state index in [1.54, 1.807) is 39.1 Å². The maximum atomic E-state index is 15.1. The van der Waals surface area contributed by atoms with E-state index in [0.29, 0.717) is 40.9 Å². The summed E-state index contributed by atoms with van der Waals surface area (Å²) < 4.78 is 42.1. The van der Waals surface area contributed by atoms with Gasteiger partial charge in [-0.25, -0.2) is 17.8 Å². The van der Waals surface area contributed by atoms with Gasteiger partial charge < -0.3 is 20.4 Å². The lowest BCUT2D eigenvalue weighted by Gasteiger charge is -2.34. The topological polar surface area (TPSA) is 93.7 Å². The number of nitrogens with zero attached hydrogens (tertiary/aromatic N) is 5. The van der Waals surface area contributed by atoms with Gasteiger partial charge in [-0.2, -0.15) is 4.98 Å². The number of likely N-dealkylation sites (N-methyl/N-ethyl adjacent to an activating group) is 1. The van der Waals surface area contributed by atoms with Crippen LogP contribution >= 0.6 is 0 Å². The van der Waals surface area contributed by atoms with Crippen LogP contribution in [0.15, 0.2) is 48.5 Å². The van der Waals surface area contributed by atoms with Gasteiger partial charge in [-0.1, -0.05) is 24.3 Å². The number of piperazine rings is 1. The number of nitrogens with one attached hydrogen (secondary N) is 2. The predicted octanol–water partition coefficient (Wildman–Crippen LogP) is 4.60. The largest absolute Gasteiger partial charge is 0.367 e. The molecule has 9 nitrogen and oxygen atoms in total. The Bertz CT molecular complexity index is 1500. The van der Waals surface area contributed by atoms with E-state index in [2.05, 4.69) is 32.5 Å². The number of aromatic nitrogens is 2. The van der Waals surface area contributed by atoms with Gasteiger partial charge in [0.25, 0.3) is 0 Å². The highest BCUT2D eigenvalue weighted by atomic mass is 32.2. The summed E-state index contributed by atoms with van der Waals surface area (Å²) in [6, 6.07) is 12.3. The number of sulfonamides is 1. The zero-order valence-electron chi connectivity index (χ0n) is 22.6. The molecule has 1 aliphatic heterocycles. The van der Waals surface area contributed by atoms with Crippen LogP contribution in [0.2, 0.25) is 0 Å². The highest BCUT2D eigenvalue weighted by Crippen LogP contribution is 2.34. The van der Waals surface area contributed by atoms with Crippen LogP contribution in [0.3, 0.4) is 0 Å². The van der Waals surface area contributed by atoms with Crippen molar-refractivity contribution in [3.8, 4) is 0 Å². The Morgan fingerprint density at radius 1 is 1.03 bits per heavy atom. The van der Waals surface area contributed by atoms with Crippen LogP contribution in [-0.2, 0) is 16.4 Å². The van der Waals surface area contributed by atoms with E-state index in [9.17, 15) is 8.42 Å². The van der Waals surface area contributed by atoms with Crippen molar-refractivity contribution in [3.05, 3.63) is 65.6 Å².